The van der Waals surface area contributed by atoms with Crippen LogP contribution in [0.25, 0.3) is 11.0 Å². The van der Waals surface area contributed by atoms with Crippen molar-refractivity contribution in [3.63, 3.8) is 0 Å². The van der Waals surface area contributed by atoms with Crippen LogP contribution in [0.1, 0.15) is 29.0 Å². The van der Waals surface area contributed by atoms with E-state index in [1.54, 1.807) is 12.1 Å². The summed E-state index contributed by atoms with van der Waals surface area (Å²) in [4.78, 5) is 22.6. The van der Waals surface area contributed by atoms with Gasteiger partial charge < -0.3 is 9.72 Å². The van der Waals surface area contributed by atoms with Crippen molar-refractivity contribution in [1.29, 1.82) is 0 Å². The molecule has 0 bridgehead atoms. The number of piperidine rings is 1. The highest BCUT2D eigenvalue weighted by Crippen LogP contribution is 2.25. The van der Waals surface area contributed by atoms with Crippen molar-refractivity contribution in [2.45, 2.75) is 19.4 Å². The molecule has 0 spiro atoms. The molecule has 28 heavy (non-hydrogen) atoms. The molecule has 1 atom stereocenters. The Morgan fingerprint density at radius 2 is 2.14 bits per heavy atom. The summed E-state index contributed by atoms with van der Waals surface area (Å²) >= 11 is 0. The van der Waals surface area contributed by atoms with E-state index in [-0.39, 0.29) is 23.3 Å². The number of Topliss-reactive ketones (excluding diaryl/α,β-unsaturated/α-hetero) is 1. The predicted octanol–water partition coefficient (Wildman–Crippen LogP) is 3.94. The summed E-state index contributed by atoms with van der Waals surface area (Å²) in [7, 11) is 1.39. The van der Waals surface area contributed by atoms with Gasteiger partial charge in [-0.25, -0.2) is 13.8 Å². The number of hydrogen-bond acceptors (Lipinski definition) is 4. The monoisotopic (exact) mass is 385 g/mol. The summed E-state index contributed by atoms with van der Waals surface area (Å²) in [5.41, 5.74) is 1.74. The Kier molecular flexibility index (Phi) is 5.09. The molecular weight excluding hydrogens is 364 g/mol. The molecule has 1 aromatic heterocycles. The SMILES string of the molecule is COc1ccc(C(=O)C2CCCN(Cc3nc4ccc(F)cc4[nH]3)C2)cc1F. The number of nitrogens with zero attached hydrogens (tertiary/aromatic N) is 2. The van der Waals surface area contributed by atoms with Gasteiger partial charge in [0.05, 0.1) is 24.7 Å². The molecule has 1 unspecified atom stereocenters. The maximum absolute atomic E-state index is 13.9. The third-order valence-electron chi connectivity index (χ3n) is 5.18. The fraction of sp³-hybridized carbons (Fsp3) is 0.333. The Balaban J connectivity index is 1.46. The molecule has 2 aromatic carbocycles. The van der Waals surface area contributed by atoms with Crippen LogP contribution in [0.4, 0.5) is 8.78 Å². The number of benzene rings is 2. The molecule has 3 aromatic rings. The van der Waals surface area contributed by atoms with Crippen molar-refractivity contribution >= 4 is 16.8 Å². The van der Waals surface area contributed by atoms with Gasteiger partial charge >= 0.3 is 0 Å². The van der Waals surface area contributed by atoms with Gasteiger partial charge in [-0.3, -0.25) is 9.69 Å². The van der Waals surface area contributed by atoms with Crippen molar-refractivity contribution in [2.75, 3.05) is 20.2 Å². The topological polar surface area (TPSA) is 58.2 Å². The van der Waals surface area contributed by atoms with E-state index in [4.69, 9.17) is 4.74 Å². The number of rotatable bonds is 5. The van der Waals surface area contributed by atoms with E-state index in [9.17, 15) is 13.6 Å². The van der Waals surface area contributed by atoms with Gasteiger partial charge in [0.15, 0.2) is 17.3 Å². The molecule has 2 heterocycles. The normalized spacial score (nSPS) is 17.8. The van der Waals surface area contributed by atoms with Crippen molar-refractivity contribution in [3.05, 3.63) is 59.4 Å². The van der Waals surface area contributed by atoms with Crippen LogP contribution in [0.5, 0.6) is 5.75 Å². The molecule has 1 N–H and O–H groups in total. The number of ether oxygens (including phenoxy) is 1. The van der Waals surface area contributed by atoms with Gasteiger partial charge in [-0.2, -0.15) is 0 Å². The van der Waals surface area contributed by atoms with Crippen molar-refractivity contribution in [2.24, 2.45) is 5.92 Å². The van der Waals surface area contributed by atoms with Gasteiger partial charge in [0, 0.05) is 18.0 Å². The molecule has 0 radical (unpaired) electrons. The molecule has 146 valence electrons. The minimum absolute atomic E-state index is 0.0575. The number of aromatic amines is 1. The highest BCUT2D eigenvalue weighted by molar-refractivity contribution is 5.98. The summed E-state index contributed by atoms with van der Waals surface area (Å²) in [6, 6.07) is 8.79. The van der Waals surface area contributed by atoms with Crippen LogP contribution in [0, 0.1) is 17.6 Å². The molecule has 0 aliphatic carbocycles. The second-order valence-electron chi connectivity index (χ2n) is 7.13. The molecule has 1 aliphatic heterocycles. The Morgan fingerprint density at radius 1 is 1.29 bits per heavy atom. The number of ketones is 1. The maximum Gasteiger partial charge on any atom is 0.167 e. The number of carbonyl (C=O) groups excluding carboxylic acids is 1. The van der Waals surface area contributed by atoms with E-state index < -0.39 is 5.82 Å². The number of likely N-dealkylation sites (tertiary alicyclic amines) is 1. The lowest BCUT2D eigenvalue weighted by atomic mass is 9.90. The summed E-state index contributed by atoms with van der Waals surface area (Å²) in [6.07, 6.45) is 1.65. The lowest BCUT2D eigenvalue weighted by Crippen LogP contribution is -2.38. The molecule has 1 aliphatic rings. The fourth-order valence-corrected chi connectivity index (χ4v) is 3.79. The van der Waals surface area contributed by atoms with Crippen LogP contribution in [-0.2, 0) is 6.54 Å². The lowest BCUT2D eigenvalue weighted by molar-refractivity contribution is 0.0808. The van der Waals surface area contributed by atoms with Gasteiger partial charge in [-0.15, -0.1) is 0 Å². The zero-order chi connectivity index (χ0) is 19.7. The zero-order valence-electron chi connectivity index (χ0n) is 15.5. The predicted molar refractivity (Wildman–Crippen MR) is 101 cm³/mol. The Morgan fingerprint density at radius 3 is 2.93 bits per heavy atom. The second kappa shape index (κ2) is 7.67. The summed E-state index contributed by atoms with van der Waals surface area (Å²) < 4.78 is 32.2. The van der Waals surface area contributed by atoms with E-state index >= 15 is 0 Å². The minimum atomic E-state index is -0.532. The molecule has 7 heteroatoms. The smallest absolute Gasteiger partial charge is 0.167 e. The lowest BCUT2D eigenvalue weighted by Gasteiger charge is -2.31. The standard InChI is InChI=1S/C21H21F2N3O2/c1-28-19-7-4-13(9-16(19)23)21(27)14-3-2-8-26(11-14)12-20-24-17-6-5-15(22)10-18(17)25-20/h4-7,9-10,14H,2-3,8,11-12H2,1H3,(H,24,25). The average Bonchev–Trinajstić information content (AvgIpc) is 3.08. The molecule has 0 saturated carbocycles. The summed E-state index contributed by atoms with van der Waals surface area (Å²) in [5, 5.41) is 0. The van der Waals surface area contributed by atoms with Gasteiger partial charge in [-0.1, -0.05) is 0 Å². The third kappa shape index (κ3) is 3.75. The average molecular weight is 385 g/mol. The Bertz CT molecular complexity index is 1020. The summed E-state index contributed by atoms with van der Waals surface area (Å²) in [6.45, 7) is 1.99. The number of carbonyl (C=O) groups is 1. The van der Waals surface area contributed by atoms with Crippen molar-refractivity contribution in [3.8, 4) is 5.75 Å². The van der Waals surface area contributed by atoms with E-state index in [1.807, 2.05) is 0 Å². The van der Waals surface area contributed by atoms with E-state index in [0.29, 0.717) is 24.2 Å². The van der Waals surface area contributed by atoms with E-state index in [1.165, 1.54) is 31.4 Å². The van der Waals surface area contributed by atoms with Crippen molar-refractivity contribution < 1.29 is 18.3 Å². The molecule has 5 nitrogen and oxygen atoms in total. The third-order valence-corrected chi connectivity index (χ3v) is 5.18. The van der Waals surface area contributed by atoms with E-state index in [0.717, 1.165) is 30.7 Å². The highest BCUT2D eigenvalue weighted by atomic mass is 19.1. The summed E-state index contributed by atoms with van der Waals surface area (Å²) in [5.74, 6) is -0.220. The maximum atomic E-state index is 13.9. The molecule has 0 amide bonds. The van der Waals surface area contributed by atoms with Crippen LogP contribution < -0.4 is 4.74 Å². The molecule has 4 rings (SSSR count). The van der Waals surface area contributed by atoms with Crippen LogP contribution in [-0.4, -0.2) is 40.9 Å². The van der Waals surface area contributed by atoms with Gasteiger partial charge in [0.1, 0.15) is 11.6 Å². The largest absolute Gasteiger partial charge is 0.494 e. The zero-order valence-corrected chi connectivity index (χ0v) is 15.5. The number of nitrogens with one attached hydrogen (secondary N) is 1. The molecular formula is C21H21F2N3O2. The van der Waals surface area contributed by atoms with Crippen LogP contribution >= 0.6 is 0 Å². The van der Waals surface area contributed by atoms with Crippen LogP contribution in [0.15, 0.2) is 36.4 Å². The molecule has 1 saturated heterocycles. The van der Waals surface area contributed by atoms with Gasteiger partial charge in [0.25, 0.3) is 0 Å². The minimum Gasteiger partial charge on any atom is -0.494 e. The fourth-order valence-electron chi connectivity index (χ4n) is 3.79. The van der Waals surface area contributed by atoms with E-state index in [2.05, 4.69) is 14.9 Å². The number of hydrogen-bond donors (Lipinski definition) is 1. The number of fused-ring (bicyclic) bond motifs is 1. The number of imidazole rings is 1. The number of H-pyrrole nitrogens is 1. The number of aromatic nitrogens is 2. The van der Waals surface area contributed by atoms with Gasteiger partial charge in [-0.05, 0) is 55.8 Å². The first-order chi connectivity index (χ1) is 13.5. The Labute approximate surface area is 161 Å². The first-order valence-corrected chi connectivity index (χ1v) is 9.28. The van der Waals surface area contributed by atoms with Crippen molar-refractivity contribution in [1.82, 2.24) is 14.9 Å². The molecule has 1 fully saturated rings. The first kappa shape index (κ1) is 18.6. The van der Waals surface area contributed by atoms with Crippen LogP contribution in [0.3, 0.4) is 0 Å². The first-order valence-electron chi connectivity index (χ1n) is 9.28. The second-order valence-corrected chi connectivity index (χ2v) is 7.13. The quantitative estimate of drug-likeness (QED) is 0.676. The Hall–Kier alpha value is -2.80. The number of methoxy groups -OCH3 is 1. The van der Waals surface area contributed by atoms with Crippen LogP contribution in [0.2, 0.25) is 0 Å². The number of halogens is 2. The van der Waals surface area contributed by atoms with Gasteiger partial charge in [0.2, 0.25) is 0 Å². The highest BCUT2D eigenvalue weighted by Gasteiger charge is 2.27.